The van der Waals surface area contributed by atoms with Gasteiger partial charge in [0.05, 0.1) is 16.1 Å². The fourth-order valence-corrected chi connectivity index (χ4v) is 3.73. The summed E-state index contributed by atoms with van der Waals surface area (Å²) in [4.78, 5) is 4.73. The molecule has 1 aromatic rings. The van der Waals surface area contributed by atoms with E-state index in [4.69, 9.17) is 4.98 Å². The molecule has 0 radical (unpaired) electrons. The molecule has 2 nitrogen and oxygen atoms in total. The third kappa shape index (κ3) is 2.55. The maximum atomic E-state index is 4.73. The highest BCUT2D eigenvalue weighted by atomic mass is 32.2. The average Bonchev–Trinajstić information content (AvgIpc) is 2.69. The van der Waals surface area contributed by atoms with Crippen LogP contribution in [0.25, 0.3) is 0 Å². The fraction of sp³-hybridized carbons (Fsp3) is 0.727. The van der Waals surface area contributed by atoms with Gasteiger partial charge in [-0.05, 0) is 6.92 Å². The third-order valence-corrected chi connectivity index (χ3v) is 5.07. The number of nitrogens with zero attached hydrogens (tertiary/aromatic N) is 1. The van der Waals surface area contributed by atoms with Crippen LogP contribution in [0.3, 0.4) is 0 Å². The number of nitrogens with one attached hydrogen (secondary N) is 1. The maximum absolute atomic E-state index is 4.73. The van der Waals surface area contributed by atoms with Crippen LogP contribution in [0, 0.1) is 0 Å². The van der Waals surface area contributed by atoms with E-state index in [0.717, 1.165) is 0 Å². The fourth-order valence-electron chi connectivity index (χ4n) is 1.52. The smallest absolute Gasteiger partial charge is 0.0982 e. The molecule has 4 heteroatoms. The molecule has 0 bridgehead atoms. The summed E-state index contributed by atoms with van der Waals surface area (Å²) in [6.07, 6.45) is 0. The number of thiazole rings is 1. The summed E-state index contributed by atoms with van der Waals surface area (Å²) < 4.78 is 0. The van der Waals surface area contributed by atoms with Gasteiger partial charge in [0.25, 0.3) is 0 Å². The van der Waals surface area contributed by atoms with Crippen LogP contribution in [-0.2, 0) is 5.41 Å². The van der Waals surface area contributed by atoms with Crippen molar-refractivity contribution in [1.82, 2.24) is 10.3 Å². The van der Waals surface area contributed by atoms with Gasteiger partial charge < -0.3 is 0 Å². The Balaban J connectivity index is 2.14. The van der Waals surface area contributed by atoms with E-state index in [2.05, 4.69) is 38.4 Å². The first-order chi connectivity index (χ1) is 6.97. The summed E-state index contributed by atoms with van der Waals surface area (Å²) in [5, 5.41) is 7.38. The lowest BCUT2D eigenvalue weighted by Gasteiger charge is -2.14. The first-order valence-corrected chi connectivity index (χ1v) is 7.23. The minimum Gasteiger partial charge on any atom is -0.297 e. The van der Waals surface area contributed by atoms with Gasteiger partial charge in [-0.3, -0.25) is 5.32 Å². The Bertz CT molecular complexity index is 341. The Morgan fingerprint density at radius 3 is 2.67 bits per heavy atom. The molecule has 0 saturated carbocycles. The van der Waals surface area contributed by atoms with Gasteiger partial charge in [-0.2, -0.15) is 0 Å². The molecule has 15 heavy (non-hydrogen) atoms. The van der Waals surface area contributed by atoms with Crippen molar-refractivity contribution >= 4 is 23.1 Å². The van der Waals surface area contributed by atoms with Crippen molar-refractivity contribution in [3.63, 3.8) is 0 Å². The summed E-state index contributed by atoms with van der Waals surface area (Å²) in [7, 11) is 0. The number of thioether (sulfide) groups is 1. The van der Waals surface area contributed by atoms with Crippen LogP contribution in [0.15, 0.2) is 5.38 Å². The highest BCUT2D eigenvalue weighted by molar-refractivity contribution is 7.99. The van der Waals surface area contributed by atoms with Crippen molar-refractivity contribution in [3.8, 4) is 0 Å². The zero-order chi connectivity index (χ0) is 11.1. The van der Waals surface area contributed by atoms with Gasteiger partial charge in [-0.25, -0.2) is 4.98 Å². The molecule has 2 unspecified atom stereocenters. The van der Waals surface area contributed by atoms with Crippen molar-refractivity contribution in [1.29, 1.82) is 0 Å². The molecular weight excluding hydrogens is 224 g/mol. The molecule has 1 fully saturated rings. The zero-order valence-electron chi connectivity index (χ0n) is 9.70. The van der Waals surface area contributed by atoms with E-state index >= 15 is 0 Å². The Labute approximate surface area is 99.9 Å². The summed E-state index contributed by atoms with van der Waals surface area (Å²) >= 11 is 3.74. The number of rotatable bonds is 1. The minimum atomic E-state index is 0.178. The second-order valence-corrected chi connectivity index (χ2v) is 7.10. The van der Waals surface area contributed by atoms with E-state index in [-0.39, 0.29) is 5.41 Å². The molecule has 2 rings (SSSR count). The molecule has 0 aromatic carbocycles. The molecule has 0 aliphatic carbocycles. The first-order valence-electron chi connectivity index (χ1n) is 5.30. The van der Waals surface area contributed by atoms with Crippen LogP contribution in [0.1, 0.15) is 43.8 Å². The topological polar surface area (TPSA) is 24.9 Å². The van der Waals surface area contributed by atoms with Crippen LogP contribution in [-0.4, -0.2) is 16.8 Å². The van der Waals surface area contributed by atoms with Crippen molar-refractivity contribution in [2.24, 2.45) is 0 Å². The monoisotopic (exact) mass is 242 g/mol. The van der Waals surface area contributed by atoms with Gasteiger partial charge in [0.1, 0.15) is 0 Å². The molecule has 1 aliphatic rings. The maximum Gasteiger partial charge on any atom is 0.0982 e. The van der Waals surface area contributed by atoms with Crippen LogP contribution in [0.4, 0.5) is 0 Å². The number of hydrogen-bond acceptors (Lipinski definition) is 4. The lowest BCUT2D eigenvalue weighted by molar-refractivity contribution is 0.574. The second-order valence-electron chi connectivity index (χ2n) is 5.11. The normalized spacial score (nSPS) is 27.2. The van der Waals surface area contributed by atoms with Crippen LogP contribution in [0.2, 0.25) is 0 Å². The van der Waals surface area contributed by atoms with E-state index < -0.39 is 0 Å². The molecule has 1 aromatic heterocycles. The van der Waals surface area contributed by atoms with Crippen molar-refractivity contribution in [3.05, 3.63) is 16.1 Å². The van der Waals surface area contributed by atoms with Gasteiger partial charge in [0, 0.05) is 22.6 Å². The molecule has 2 atom stereocenters. The van der Waals surface area contributed by atoms with Gasteiger partial charge in [-0.1, -0.05) is 20.8 Å². The van der Waals surface area contributed by atoms with Gasteiger partial charge in [-0.15, -0.1) is 23.1 Å². The molecule has 1 N–H and O–H groups in total. The number of aromatic nitrogens is 1. The largest absolute Gasteiger partial charge is 0.297 e. The molecule has 0 amide bonds. The van der Waals surface area contributed by atoms with Crippen LogP contribution >= 0.6 is 23.1 Å². The summed E-state index contributed by atoms with van der Waals surface area (Å²) in [6.45, 7) is 8.87. The first kappa shape index (κ1) is 11.4. The van der Waals surface area contributed by atoms with Gasteiger partial charge in [0.2, 0.25) is 0 Å². The van der Waals surface area contributed by atoms with Crippen molar-refractivity contribution in [2.75, 3.05) is 5.75 Å². The van der Waals surface area contributed by atoms with E-state index in [1.165, 1.54) is 16.5 Å². The molecule has 1 saturated heterocycles. The molecule has 2 heterocycles. The second kappa shape index (κ2) is 4.07. The summed E-state index contributed by atoms with van der Waals surface area (Å²) in [6, 6.07) is 0.611. The summed E-state index contributed by atoms with van der Waals surface area (Å²) in [5.74, 6) is 1.19. The van der Waals surface area contributed by atoms with E-state index in [1.54, 1.807) is 11.3 Å². The highest BCUT2D eigenvalue weighted by Crippen LogP contribution is 2.35. The highest BCUT2D eigenvalue weighted by Gasteiger charge is 2.26. The summed E-state index contributed by atoms with van der Waals surface area (Å²) in [5.41, 5.74) is 1.39. The lowest BCUT2D eigenvalue weighted by atomic mass is 9.98. The molecule has 84 valence electrons. The van der Waals surface area contributed by atoms with Crippen molar-refractivity contribution in [2.45, 2.75) is 44.5 Å². The van der Waals surface area contributed by atoms with Crippen LogP contribution in [0.5, 0.6) is 0 Å². The van der Waals surface area contributed by atoms with E-state index in [1.807, 2.05) is 11.8 Å². The molecule has 1 aliphatic heterocycles. The zero-order valence-corrected chi connectivity index (χ0v) is 11.3. The predicted molar refractivity (Wildman–Crippen MR) is 68.6 cm³/mol. The van der Waals surface area contributed by atoms with Gasteiger partial charge in [0.15, 0.2) is 0 Å². The average molecular weight is 242 g/mol. The molecular formula is C11H18N2S2. The predicted octanol–water partition coefficient (Wildman–Crippen LogP) is 3.16. The van der Waals surface area contributed by atoms with E-state index in [9.17, 15) is 0 Å². The Hall–Kier alpha value is -0.0600. The van der Waals surface area contributed by atoms with E-state index in [0.29, 0.717) is 11.4 Å². The van der Waals surface area contributed by atoms with Gasteiger partial charge >= 0.3 is 0 Å². The Kier molecular flexibility index (Phi) is 3.10. The quantitative estimate of drug-likeness (QED) is 0.819. The third-order valence-electron chi connectivity index (χ3n) is 2.38. The van der Waals surface area contributed by atoms with Crippen LogP contribution < -0.4 is 5.32 Å². The Morgan fingerprint density at radius 1 is 1.47 bits per heavy atom. The standard InChI is InChI=1S/C11H18N2S2/c1-7-5-14-9(12-7)8-6-15-10(13-8)11(2,3)4/h6-7,9,12H,5H2,1-4H3. The minimum absolute atomic E-state index is 0.178. The lowest BCUT2D eigenvalue weighted by Crippen LogP contribution is -2.22. The van der Waals surface area contributed by atoms with Crippen molar-refractivity contribution < 1.29 is 0 Å². The number of hydrogen-bond donors (Lipinski definition) is 1. The molecule has 0 spiro atoms. The SMILES string of the molecule is CC1CSC(c2csc(C(C)(C)C)n2)N1. The Morgan fingerprint density at radius 2 is 2.20 bits per heavy atom.